The van der Waals surface area contributed by atoms with E-state index in [-0.39, 0.29) is 32.7 Å². The molecule has 0 aliphatic carbocycles. The molecule has 0 bridgehead atoms. The van der Waals surface area contributed by atoms with Gasteiger partial charge in [0.05, 0.1) is 48.3 Å². The minimum absolute atomic E-state index is 0.0705. The number of thiophene rings is 1. The summed E-state index contributed by atoms with van der Waals surface area (Å²) in [5.41, 5.74) is 8.45. The lowest BCUT2D eigenvalue weighted by Gasteiger charge is -2.08. The first kappa shape index (κ1) is 34.3. The normalized spacial score (nSPS) is 11.9. The summed E-state index contributed by atoms with van der Waals surface area (Å²) < 4.78 is 72.7. The van der Waals surface area contributed by atoms with Gasteiger partial charge in [0.1, 0.15) is 4.21 Å². The smallest absolute Gasteiger partial charge is 0.188 e. The van der Waals surface area contributed by atoms with Crippen molar-refractivity contribution in [1.29, 1.82) is 0 Å². The number of nitrogens with two attached hydrogens (primary N) is 1. The molecule has 5 rings (SSSR count). The number of hydrogen-bond acceptors (Lipinski definition) is 12. The molecule has 0 aromatic carbocycles. The summed E-state index contributed by atoms with van der Waals surface area (Å²) in [7, 11) is -10.3. The molecular weight excluding hydrogens is 678 g/mol. The van der Waals surface area contributed by atoms with E-state index in [1.54, 1.807) is 42.7 Å². The standard InChI is InChI=1S/C17H15ClN2O4S3.C12H13N3O2S/c1-26(21,22)13-10-12(20-15(11-13)14-4-2-3-8-19-14)7-9-27(23,24)17-6-5-16(18)25-17;1-18(16,17)10-6-9(8-13)15-12(7-10)11-4-2-3-5-14-11/h2-6,8,10-11H,7,9H2,1H3;2-7H,8,13H2,1H3. The summed E-state index contributed by atoms with van der Waals surface area (Å²) in [6, 6.07) is 19.4. The third kappa shape index (κ3) is 9.45. The number of sulfone groups is 3. The van der Waals surface area contributed by atoms with E-state index in [9.17, 15) is 25.3 Å². The van der Waals surface area contributed by atoms with E-state index in [4.69, 9.17) is 17.3 Å². The third-order valence-electron chi connectivity index (χ3n) is 6.11. The number of aryl methyl sites for hydroxylation is 1. The largest absolute Gasteiger partial charge is 0.325 e. The van der Waals surface area contributed by atoms with E-state index in [2.05, 4.69) is 19.9 Å². The van der Waals surface area contributed by atoms with Gasteiger partial charge in [-0.15, -0.1) is 11.3 Å². The highest BCUT2D eigenvalue weighted by atomic mass is 35.5. The Bertz CT molecular complexity index is 2130. The van der Waals surface area contributed by atoms with E-state index < -0.39 is 29.5 Å². The third-order valence-corrected chi connectivity index (χ3v) is 11.8. The number of nitrogens with zero attached hydrogens (tertiary/aromatic N) is 4. The maximum absolute atomic E-state index is 12.4. The van der Waals surface area contributed by atoms with E-state index in [0.29, 0.717) is 38.5 Å². The van der Waals surface area contributed by atoms with Crippen LogP contribution in [0.25, 0.3) is 22.8 Å². The lowest BCUT2D eigenvalue weighted by atomic mass is 10.2. The summed E-state index contributed by atoms with van der Waals surface area (Å²) in [6.45, 7) is 0.184. The Morgan fingerprint density at radius 3 is 1.62 bits per heavy atom. The van der Waals surface area contributed by atoms with E-state index >= 15 is 0 Å². The summed E-state index contributed by atoms with van der Waals surface area (Å²) in [6.07, 6.45) is 5.53. The minimum Gasteiger partial charge on any atom is -0.325 e. The van der Waals surface area contributed by atoms with E-state index in [1.165, 1.54) is 36.4 Å². The van der Waals surface area contributed by atoms with Crippen LogP contribution in [0.2, 0.25) is 4.34 Å². The highest BCUT2D eigenvalue weighted by molar-refractivity contribution is 7.93. The molecule has 16 heteroatoms. The molecule has 5 aromatic rings. The lowest BCUT2D eigenvalue weighted by Crippen LogP contribution is -2.10. The molecule has 236 valence electrons. The molecule has 11 nitrogen and oxygen atoms in total. The first-order valence-corrected chi connectivity index (χ1v) is 19.7. The average Bonchev–Trinajstić information content (AvgIpc) is 3.47. The van der Waals surface area contributed by atoms with Crippen molar-refractivity contribution in [2.24, 2.45) is 5.73 Å². The molecule has 45 heavy (non-hydrogen) atoms. The highest BCUT2D eigenvalue weighted by Crippen LogP contribution is 2.27. The molecule has 2 N–H and O–H groups in total. The zero-order valence-corrected chi connectivity index (χ0v) is 28.1. The van der Waals surface area contributed by atoms with Crippen molar-refractivity contribution in [3.05, 3.63) is 101 Å². The topological polar surface area (TPSA) is 180 Å². The van der Waals surface area contributed by atoms with Gasteiger partial charge in [0.2, 0.25) is 0 Å². The first-order valence-electron chi connectivity index (χ1n) is 13.1. The Hall–Kier alpha value is -3.60. The Balaban J connectivity index is 0.000000222. The van der Waals surface area contributed by atoms with Crippen LogP contribution in [0.4, 0.5) is 0 Å². The van der Waals surface area contributed by atoms with Gasteiger partial charge in [0.25, 0.3) is 0 Å². The van der Waals surface area contributed by atoms with Crippen LogP contribution < -0.4 is 5.73 Å². The Kier molecular flexibility index (Phi) is 10.8. The van der Waals surface area contributed by atoms with Gasteiger partial charge in [-0.3, -0.25) is 15.0 Å². The molecule has 5 heterocycles. The van der Waals surface area contributed by atoms with Crippen LogP contribution in [0.1, 0.15) is 11.4 Å². The van der Waals surface area contributed by atoms with Crippen LogP contribution in [-0.4, -0.2) is 63.5 Å². The van der Waals surface area contributed by atoms with Crippen LogP contribution in [-0.2, 0) is 42.5 Å². The molecule has 0 atom stereocenters. The number of hydrogen-bond donors (Lipinski definition) is 1. The monoisotopic (exact) mass is 705 g/mol. The van der Waals surface area contributed by atoms with E-state index in [1.807, 2.05) is 6.07 Å². The Labute approximate surface area is 271 Å². The molecule has 0 saturated heterocycles. The second kappa shape index (κ2) is 14.2. The molecule has 0 spiro atoms. The van der Waals surface area contributed by atoms with Gasteiger partial charge in [-0.1, -0.05) is 23.7 Å². The van der Waals surface area contributed by atoms with Gasteiger partial charge in [0.15, 0.2) is 29.5 Å². The van der Waals surface area contributed by atoms with Gasteiger partial charge in [-0.2, -0.15) is 0 Å². The summed E-state index contributed by atoms with van der Waals surface area (Å²) in [4.78, 5) is 17.3. The highest BCUT2D eigenvalue weighted by Gasteiger charge is 2.19. The SMILES string of the molecule is CS(=O)(=O)c1cc(CCS(=O)(=O)c2ccc(Cl)s2)nc(-c2ccccn2)c1.CS(=O)(=O)c1cc(CN)nc(-c2ccccn2)c1. The molecule has 0 radical (unpaired) electrons. The van der Waals surface area contributed by atoms with Crippen LogP contribution in [0.15, 0.2) is 99.2 Å². The minimum atomic E-state index is -3.53. The molecule has 0 aliphatic heterocycles. The molecule has 0 unspecified atom stereocenters. The molecule has 5 aromatic heterocycles. The van der Waals surface area contributed by atoms with Gasteiger partial charge >= 0.3 is 0 Å². The summed E-state index contributed by atoms with van der Waals surface area (Å²) in [5, 5.41) is 0. The zero-order valence-electron chi connectivity index (χ0n) is 24.0. The first-order chi connectivity index (χ1) is 21.2. The van der Waals surface area contributed by atoms with Crippen LogP contribution in [0.5, 0.6) is 0 Å². The van der Waals surface area contributed by atoms with Crippen molar-refractivity contribution in [3.8, 4) is 22.8 Å². The summed E-state index contributed by atoms with van der Waals surface area (Å²) in [5.74, 6) is -0.203. The van der Waals surface area contributed by atoms with Crippen LogP contribution in [0, 0.1) is 0 Å². The predicted molar refractivity (Wildman–Crippen MR) is 174 cm³/mol. The Morgan fingerprint density at radius 1 is 0.689 bits per heavy atom. The van der Waals surface area contributed by atoms with Crippen molar-refractivity contribution in [3.63, 3.8) is 0 Å². The van der Waals surface area contributed by atoms with Gasteiger partial charge in [0, 0.05) is 43.6 Å². The molecule has 0 fully saturated rings. The van der Waals surface area contributed by atoms with Crippen LogP contribution in [0.3, 0.4) is 0 Å². The number of aromatic nitrogens is 4. The fraction of sp³-hybridized carbons (Fsp3) is 0.172. The summed E-state index contributed by atoms with van der Waals surface area (Å²) >= 11 is 6.80. The second-order valence-electron chi connectivity index (χ2n) is 9.66. The van der Waals surface area contributed by atoms with Crippen molar-refractivity contribution >= 4 is 52.4 Å². The fourth-order valence-electron chi connectivity index (χ4n) is 3.88. The van der Waals surface area contributed by atoms with Crippen molar-refractivity contribution in [1.82, 2.24) is 19.9 Å². The number of pyridine rings is 4. The number of halogens is 1. The van der Waals surface area contributed by atoms with E-state index in [0.717, 1.165) is 23.8 Å². The molecule has 0 amide bonds. The van der Waals surface area contributed by atoms with Gasteiger partial charge < -0.3 is 5.73 Å². The molecule has 0 aliphatic rings. The molecule has 0 saturated carbocycles. The maximum atomic E-state index is 12.4. The van der Waals surface area contributed by atoms with Crippen molar-refractivity contribution in [2.45, 2.75) is 27.0 Å². The number of rotatable bonds is 9. The van der Waals surface area contributed by atoms with Gasteiger partial charge in [-0.05, 0) is 60.7 Å². The lowest BCUT2D eigenvalue weighted by molar-refractivity contribution is 0.596. The molecular formula is C29H28ClN5O6S4. The zero-order chi connectivity index (χ0) is 32.8. The average molecular weight is 706 g/mol. The van der Waals surface area contributed by atoms with Crippen molar-refractivity contribution in [2.75, 3.05) is 18.3 Å². The second-order valence-corrected chi connectivity index (χ2v) is 17.7. The quantitative estimate of drug-likeness (QED) is 0.231. The van der Waals surface area contributed by atoms with Crippen LogP contribution >= 0.6 is 22.9 Å². The fourth-order valence-corrected chi connectivity index (χ4v) is 8.12. The maximum Gasteiger partial charge on any atom is 0.188 e. The van der Waals surface area contributed by atoms with Gasteiger partial charge in [-0.25, -0.2) is 30.2 Å². The Morgan fingerprint density at radius 2 is 1.20 bits per heavy atom. The predicted octanol–water partition coefficient (Wildman–Crippen LogP) is 4.28. The van der Waals surface area contributed by atoms with Crippen molar-refractivity contribution < 1.29 is 25.3 Å².